The van der Waals surface area contributed by atoms with Gasteiger partial charge in [-0.3, -0.25) is 0 Å². The van der Waals surface area contributed by atoms with E-state index in [1.165, 1.54) is 0 Å². The standard InChI is InChI=1S/2C5H6.Zr.2H2/c2*1-2-4-5-3-1;;;/h2*1-4H,5H2;;2*1H. The van der Waals surface area contributed by atoms with Crippen LogP contribution >= 0.6 is 0 Å². The van der Waals surface area contributed by atoms with Crippen LogP contribution in [0.4, 0.5) is 0 Å². The molecule has 60 valence electrons. The van der Waals surface area contributed by atoms with Gasteiger partial charge in [-0.25, -0.2) is 0 Å². The van der Waals surface area contributed by atoms with Gasteiger partial charge in [0.25, 0.3) is 0 Å². The maximum absolute atomic E-state index is 2.12. The van der Waals surface area contributed by atoms with Crippen LogP contribution in [-0.4, -0.2) is 0 Å². The summed E-state index contributed by atoms with van der Waals surface area (Å²) in [6.07, 6.45) is 19.0. The number of hydrogen-bond donors (Lipinski definition) is 0. The third-order valence-corrected chi connectivity index (χ3v) is 1.31. The van der Waals surface area contributed by atoms with E-state index in [1.54, 1.807) is 0 Å². The van der Waals surface area contributed by atoms with Crippen LogP contribution in [0, 0.1) is 0 Å². The minimum absolute atomic E-state index is 0. The molecule has 0 nitrogen and oxygen atoms in total. The van der Waals surface area contributed by atoms with Gasteiger partial charge in [-0.15, -0.1) is 0 Å². The first kappa shape index (κ1) is 10.8. The van der Waals surface area contributed by atoms with Gasteiger partial charge in [-0.2, -0.15) is 0 Å². The summed E-state index contributed by atoms with van der Waals surface area (Å²) in [5, 5.41) is 0. The molecule has 0 radical (unpaired) electrons. The van der Waals surface area contributed by atoms with Crippen molar-refractivity contribution in [3.05, 3.63) is 48.6 Å². The summed E-state index contributed by atoms with van der Waals surface area (Å²) in [5.74, 6) is 0. The molecular weight excluding hydrogens is 211 g/mol. The van der Waals surface area contributed by atoms with E-state index in [9.17, 15) is 0 Å². The SMILES string of the molecule is C1=CCC=C1.C1=CCC=C1.[HH].[HH].[Zr]. The zero-order chi connectivity index (χ0) is 7.07. The zero-order valence-electron chi connectivity index (χ0n) is 6.53. The number of hydrogen-bond acceptors (Lipinski definition) is 0. The quantitative estimate of drug-likeness (QED) is 0.594. The average molecular weight is 227 g/mol. The summed E-state index contributed by atoms with van der Waals surface area (Å²) < 4.78 is 0. The van der Waals surface area contributed by atoms with Gasteiger partial charge in [-0.05, 0) is 12.8 Å². The van der Waals surface area contributed by atoms with Gasteiger partial charge in [0.2, 0.25) is 0 Å². The number of rotatable bonds is 0. The monoisotopic (exact) mass is 226 g/mol. The van der Waals surface area contributed by atoms with Crippen LogP contribution in [0.5, 0.6) is 0 Å². The fourth-order valence-corrected chi connectivity index (χ4v) is 0.786. The molecule has 0 bridgehead atoms. The molecule has 0 N–H and O–H groups in total. The molecule has 0 fully saturated rings. The Morgan fingerprint density at radius 2 is 0.909 bits per heavy atom. The number of allylic oxidation sites excluding steroid dienone is 8. The van der Waals surface area contributed by atoms with Crippen LogP contribution in [0.15, 0.2) is 48.6 Å². The van der Waals surface area contributed by atoms with Gasteiger partial charge in [-0.1, -0.05) is 48.6 Å². The van der Waals surface area contributed by atoms with Gasteiger partial charge >= 0.3 is 0 Å². The Hall–Kier alpha value is -0.157. The van der Waals surface area contributed by atoms with Crippen molar-refractivity contribution in [1.82, 2.24) is 0 Å². The summed E-state index contributed by atoms with van der Waals surface area (Å²) in [6.45, 7) is 0. The van der Waals surface area contributed by atoms with Crippen LogP contribution in [0.25, 0.3) is 0 Å². The fraction of sp³-hybridized carbons (Fsp3) is 0.200. The molecule has 1 heteroatoms. The van der Waals surface area contributed by atoms with Crippen molar-refractivity contribution in [1.29, 1.82) is 0 Å². The van der Waals surface area contributed by atoms with Crippen molar-refractivity contribution in [2.75, 3.05) is 0 Å². The van der Waals surface area contributed by atoms with E-state index in [0.717, 1.165) is 12.8 Å². The molecule has 11 heavy (non-hydrogen) atoms. The molecule has 0 spiro atoms. The molecule has 0 atom stereocenters. The summed E-state index contributed by atoms with van der Waals surface area (Å²) in [6, 6.07) is 0. The first-order chi connectivity index (χ1) is 5.00. The van der Waals surface area contributed by atoms with Gasteiger partial charge in [0, 0.05) is 29.1 Å². The Balaban J connectivity index is -0.000000125. The molecule has 0 amide bonds. The van der Waals surface area contributed by atoms with E-state index in [2.05, 4.69) is 48.6 Å². The Bertz CT molecular complexity index is 151. The van der Waals surface area contributed by atoms with Crippen molar-refractivity contribution in [2.45, 2.75) is 12.8 Å². The predicted molar refractivity (Wildman–Crippen MR) is 50.0 cm³/mol. The van der Waals surface area contributed by atoms with Gasteiger partial charge in [0.1, 0.15) is 0 Å². The maximum atomic E-state index is 2.12. The van der Waals surface area contributed by atoms with Crippen molar-refractivity contribution in [3.8, 4) is 0 Å². The predicted octanol–water partition coefficient (Wildman–Crippen LogP) is 3.49. The molecule has 2 aliphatic rings. The van der Waals surface area contributed by atoms with Crippen LogP contribution in [-0.2, 0) is 26.2 Å². The van der Waals surface area contributed by atoms with Crippen LogP contribution in [0.2, 0.25) is 0 Å². The second kappa shape index (κ2) is 7.94. The van der Waals surface area contributed by atoms with Gasteiger partial charge < -0.3 is 0 Å². The normalized spacial score (nSPS) is 16.0. The first-order valence-corrected chi connectivity index (χ1v) is 3.63. The largest absolute Gasteiger partial charge is 0.0808 e. The fourth-order valence-electron chi connectivity index (χ4n) is 0.786. The molecule has 0 unspecified atom stereocenters. The third-order valence-electron chi connectivity index (χ3n) is 1.31. The van der Waals surface area contributed by atoms with E-state index >= 15 is 0 Å². The van der Waals surface area contributed by atoms with Crippen molar-refractivity contribution < 1.29 is 29.1 Å². The van der Waals surface area contributed by atoms with Gasteiger partial charge in [0.15, 0.2) is 0 Å². The second-order valence-corrected chi connectivity index (χ2v) is 2.18. The first-order valence-electron chi connectivity index (χ1n) is 3.63. The van der Waals surface area contributed by atoms with E-state index in [0.29, 0.717) is 0 Å². The Morgan fingerprint density at radius 3 is 1.00 bits per heavy atom. The molecule has 0 aromatic rings. The van der Waals surface area contributed by atoms with Crippen LogP contribution < -0.4 is 0 Å². The summed E-state index contributed by atoms with van der Waals surface area (Å²) in [5.41, 5.74) is 0. The zero-order valence-corrected chi connectivity index (χ0v) is 8.99. The summed E-state index contributed by atoms with van der Waals surface area (Å²) in [4.78, 5) is 0. The van der Waals surface area contributed by atoms with E-state index < -0.39 is 0 Å². The smallest absolute Gasteiger partial charge is 0 e. The molecule has 0 saturated heterocycles. The molecule has 0 aromatic carbocycles. The Morgan fingerprint density at radius 1 is 0.636 bits per heavy atom. The summed E-state index contributed by atoms with van der Waals surface area (Å²) in [7, 11) is 0. The van der Waals surface area contributed by atoms with Crippen molar-refractivity contribution in [3.63, 3.8) is 0 Å². The topological polar surface area (TPSA) is 0 Å². The second-order valence-electron chi connectivity index (χ2n) is 2.18. The van der Waals surface area contributed by atoms with E-state index in [1.807, 2.05) is 0 Å². The minimum Gasteiger partial charge on any atom is -0.0808 e. The van der Waals surface area contributed by atoms with E-state index in [4.69, 9.17) is 0 Å². The minimum atomic E-state index is 0. The molecule has 0 aliphatic heterocycles. The third kappa shape index (κ3) is 6.25. The molecule has 2 aliphatic carbocycles. The molecule has 0 saturated carbocycles. The molecule has 0 heterocycles. The average Bonchev–Trinajstić information content (AvgIpc) is 2.67. The van der Waals surface area contributed by atoms with Crippen LogP contribution in [0.3, 0.4) is 0 Å². The van der Waals surface area contributed by atoms with E-state index in [-0.39, 0.29) is 29.1 Å². The van der Waals surface area contributed by atoms with Crippen molar-refractivity contribution >= 4 is 0 Å². The maximum Gasteiger partial charge on any atom is 0 e. The Labute approximate surface area is 90.5 Å². The van der Waals surface area contributed by atoms with Gasteiger partial charge in [0.05, 0.1) is 0 Å². The Kier molecular flexibility index (Phi) is 7.83. The summed E-state index contributed by atoms with van der Waals surface area (Å²) >= 11 is 0. The van der Waals surface area contributed by atoms with Crippen molar-refractivity contribution in [2.24, 2.45) is 0 Å². The molecular formula is C10H16Zr. The van der Waals surface area contributed by atoms with Crippen LogP contribution in [0.1, 0.15) is 15.7 Å². The molecule has 2 rings (SSSR count). The molecule has 0 aromatic heterocycles.